The van der Waals surface area contributed by atoms with Gasteiger partial charge in [0.2, 0.25) is 11.2 Å². The number of imidazole rings is 1. The molecule has 1 amide bonds. The number of halogens is 1. The molecule has 2 atom stereocenters. The number of fused-ring (bicyclic) bond motifs is 1. The Labute approximate surface area is 149 Å². The van der Waals surface area contributed by atoms with Crippen molar-refractivity contribution in [3.63, 3.8) is 0 Å². The van der Waals surface area contributed by atoms with Crippen molar-refractivity contribution in [3.05, 3.63) is 26.1 Å². The molecule has 0 radical (unpaired) electrons. The van der Waals surface area contributed by atoms with E-state index >= 15 is 0 Å². The van der Waals surface area contributed by atoms with Crippen molar-refractivity contribution in [2.24, 2.45) is 14.1 Å². The quantitative estimate of drug-likeness (QED) is 0.738. The zero-order chi connectivity index (χ0) is 18.5. The highest BCUT2D eigenvalue weighted by Gasteiger charge is 2.30. The highest BCUT2D eigenvalue weighted by Crippen LogP contribution is 2.24. The highest BCUT2D eigenvalue weighted by atomic mass is 35.5. The van der Waals surface area contributed by atoms with Gasteiger partial charge in [-0.2, -0.15) is 4.98 Å². The van der Waals surface area contributed by atoms with Gasteiger partial charge in [-0.3, -0.25) is 23.3 Å². The summed E-state index contributed by atoms with van der Waals surface area (Å²) in [6.45, 7) is 3.99. The lowest BCUT2D eigenvalue weighted by atomic mass is 9.97. The van der Waals surface area contributed by atoms with E-state index in [1.807, 2.05) is 18.7 Å². The third kappa shape index (κ3) is 2.78. The van der Waals surface area contributed by atoms with Crippen LogP contribution in [-0.2, 0) is 25.4 Å². The number of amides is 1. The summed E-state index contributed by atoms with van der Waals surface area (Å²) in [4.78, 5) is 43.4. The molecule has 0 aliphatic carbocycles. The fourth-order valence-corrected chi connectivity index (χ4v) is 3.92. The zero-order valence-corrected chi connectivity index (χ0v) is 15.6. The van der Waals surface area contributed by atoms with Crippen LogP contribution in [0, 0.1) is 0 Å². The van der Waals surface area contributed by atoms with Crippen molar-refractivity contribution in [1.29, 1.82) is 0 Å². The number of aromatic nitrogens is 4. The lowest BCUT2D eigenvalue weighted by Gasteiger charge is -2.39. The second kappa shape index (κ2) is 6.33. The Morgan fingerprint density at radius 1 is 1.16 bits per heavy atom. The summed E-state index contributed by atoms with van der Waals surface area (Å²) in [6, 6.07) is 0.300. The van der Waals surface area contributed by atoms with Crippen LogP contribution >= 0.6 is 11.6 Å². The number of piperidine rings is 1. The number of nitrogens with zero attached hydrogens (tertiary/aromatic N) is 5. The maximum Gasteiger partial charge on any atom is 0.332 e. The molecule has 1 aliphatic heterocycles. The van der Waals surface area contributed by atoms with Crippen molar-refractivity contribution in [1.82, 2.24) is 23.6 Å². The molecule has 8 nitrogen and oxygen atoms in total. The minimum Gasteiger partial charge on any atom is -0.336 e. The summed E-state index contributed by atoms with van der Waals surface area (Å²) >= 11 is 6.19. The summed E-state index contributed by atoms with van der Waals surface area (Å²) in [6.07, 6.45) is 3.03. The SMILES string of the molecule is C[C@H]1CCC[C@H](C)N1C(=O)Cn1c(Cl)nc2c1c(=O)n(C)c(=O)n2C. The van der Waals surface area contributed by atoms with Gasteiger partial charge in [0.1, 0.15) is 6.54 Å². The molecule has 3 rings (SSSR count). The minimum atomic E-state index is -0.509. The molecule has 2 aromatic heterocycles. The molecular weight excluding hydrogens is 346 g/mol. The monoisotopic (exact) mass is 367 g/mol. The van der Waals surface area contributed by atoms with Crippen LogP contribution in [0.2, 0.25) is 5.28 Å². The lowest BCUT2D eigenvalue weighted by molar-refractivity contribution is -0.137. The van der Waals surface area contributed by atoms with Crippen LogP contribution in [0.25, 0.3) is 11.2 Å². The molecule has 0 unspecified atom stereocenters. The van der Waals surface area contributed by atoms with Crippen LogP contribution in [0.15, 0.2) is 9.59 Å². The van der Waals surface area contributed by atoms with Gasteiger partial charge in [0.05, 0.1) is 0 Å². The number of carbonyl (C=O) groups is 1. The van der Waals surface area contributed by atoms with Crippen molar-refractivity contribution in [2.75, 3.05) is 0 Å². The molecule has 2 aromatic rings. The first-order valence-corrected chi connectivity index (χ1v) is 8.74. The largest absolute Gasteiger partial charge is 0.336 e. The van der Waals surface area contributed by atoms with Gasteiger partial charge in [0.25, 0.3) is 5.56 Å². The van der Waals surface area contributed by atoms with Gasteiger partial charge in [0, 0.05) is 26.2 Å². The number of carbonyl (C=O) groups excluding carboxylic acids is 1. The van der Waals surface area contributed by atoms with Gasteiger partial charge in [-0.05, 0) is 44.7 Å². The summed E-state index contributed by atoms with van der Waals surface area (Å²) in [5, 5.41) is 0.0268. The van der Waals surface area contributed by atoms with Crippen LogP contribution in [0.4, 0.5) is 0 Å². The zero-order valence-electron chi connectivity index (χ0n) is 14.8. The summed E-state index contributed by atoms with van der Waals surface area (Å²) in [5.41, 5.74) is -0.639. The number of likely N-dealkylation sites (tertiary alicyclic amines) is 1. The number of rotatable bonds is 2. The predicted molar refractivity (Wildman–Crippen MR) is 94.8 cm³/mol. The van der Waals surface area contributed by atoms with Crippen LogP contribution < -0.4 is 11.2 Å². The molecule has 0 aromatic carbocycles. The molecule has 3 heterocycles. The van der Waals surface area contributed by atoms with Crippen LogP contribution in [0.3, 0.4) is 0 Å². The fourth-order valence-electron chi connectivity index (χ4n) is 3.69. The Balaban J connectivity index is 2.08. The van der Waals surface area contributed by atoms with E-state index in [9.17, 15) is 14.4 Å². The average molecular weight is 368 g/mol. The molecule has 1 aliphatic rings. The Morgan fingerprint density at radius 3 is 2.36 bits per heavy atom. The van der Waals surface area contributed by atoms with E-state index in [0.29, 0.717) is 0 Å². The Morgan fingerprint density at radius 2 is 1.76 bits per heavy atom. The van der Waals surface area contributed by atoms with E-state index in [0.717, 1.165) is 23.8 Å². The third-order valence-electron chi connectivity index (χ3n) is 5.08. The average Bonchev–Trinajstić information content (AvgIpc) is 2.87. The lowest BCUT2D eigenvalue weighted by Crippen LogP contribution is -2.48. The molecule has 1 saturated heterocycles. The first-order chi connectivity index (χ1) is 11.7. The van der Waals surface area contributed by atoms with E-state index < -0.39 is 11.2 Å². The molecule has 0 saturated carbocycles. The normalized spacial score (nSPS) is 21.1. The molecule has 25 heavy (non-hydrogen) atoms. The predicted octanol–water partition coefficient (Wildman–Crippen LogP) is 0.877. The maximum absolute atomic E-state index is 12.9. The molecule has 0 spiro atoms. The van der Waals surface area contributed by atoms with Crippen LogP contribution in [0.1, 0.15) is 33.1 Å². The number of hydrogen-bond donors (Lipinski definition) is 0. The molecular formula is C16H22ClN5O3. The highest BCUT2D eigenvalue weighted by molar-refractivity contribution is 6.29. The Hall–Kier alpha value is -2.09. The fraction of sp³-hybridized carbons (Fsp3) is 0.625. The van der Waals surface area contributed by atoms with Gasteiger partial charge < -0.3 is 4.90 Å². The second-order valence-electron chi connectivity index (χ2n) is 6.77. The molecule has 1 fully saturated rings. The van der Waals surface area contributed by atoms with Gasteiger partial charge in [0.15, 0.2) is 11.2 Å². The third-order valence-corrected chi connectivity index (χ3v) is 5.36. The minimum absolute atomic E-state index is 0.0268. The van der Waals surface area contributed by atoms with Gasteiger partial charge >= 0.3 is 5.69 Å². The topological polar surface area (TPSA) is 82.1 Å². The van der Waals surface area contributed by atoms with Gasteiger partial charge in [-0.15, -0.1) is 0 Å². The summed E-state index contributed by atoms with van der Waals surface area (Å²) in [5.74, 6) is -0.100. The maximum atomic E-state index is 12.9. The molecule has 0 bridgehead atoms. The van der Waals surface area contributed by atoms with E-state index in [1.54, 1.807) is 0 Å². The summed E-state index contributed by atoms with van der Waals surface area (Å²) in [7, 11) is 2.92. The smallest absolute Gasteiger partial charge is 0.332 e. The second-order valence-corrected chi connectivity index (χ2v) is 7.11. The first kappa shape index (κ1) is 17.7. The van der Waals surface area contributed by atoms with E-state index in [4.69, 9.17) is 11.6 Å². The van der Waals surface area contributed by atoms with E-state index in [2.05, 4.69) is 4.98 Å². The Kier molecular flexibility index (Phi) is 4.49. The molecule has 0 N–H and O–H groups in total. The number of aryl methyl sites for hydroxylation is 1. The van der Waals surface area contributed by atoms with E-state index in [-0.39, 0.29) is 41.0 Å². The van der Waals surface area contributed by atoms with Crippen LogP contribution in [0.5, 0.6) is 0 Å². The van der Waals surface area contributed by atoms with Crippen molar-refractivity contribution in [2.45, 2.75) is 51.7 Å². The van der Waals surface area contributed by atoms with Gasteiger partial charge in [-0.1, -0.05) is 0 Å². The van der Waals surface area contributed by atoms with Gasteiger partial charge in [-0.25, -0.2) is 4.79 Å². The summed E-state index contributed by atoms with van der Waals surface area (Å²) < 4.78 is 3.65. The number of hydrogen-bond acceptors (Lipinski definition) is 4. The van der Waals surface area contributed by atoms with Crippen molar-refractivity contribution >= 4 is 28.7 Å². The molecule has 9 heteroatoms. The van der Waals surface area contributed by atoms with Crippen molar-refractivity contribution in [3.8, 4) is 0 Å². The Bertz CT molecular complexity index is 947. The van der Waals surface area contributed by atoms with Crippen LogP contribution in [-0.4, -0.2) is 41.6 Å². The molecule has 136 valence electrons. The van der Waals surface area contributed by atoms with E-state index in [1.165, 1.54) is 23.2 Å². The standard InChI is InChI=1S/C16H22ClN5O3/c1-9-6-5-7-10(2)22(9)11(23)8-21-12-13(18-15(21)17)19(3)16(25)20(4)14(12)24/h9-10H,5-8H2,1-4H3/t9-,10-/m0/s1. The first-order valence-electron chi connectivity index (χ1n) is 8.37. The van der Waals surface area contributed by atoms with Crippen molar-refractivity contribution < 1.29 is 4.79 Å².